The Kier molecular flexibility index (Phi) is 4.33. The van der Waals surface area contributed by atoms with Crippen molar-refractivity contribution in [3.8, 4) is 0 Å². The summed E-state index contributed by atoms with van der Waals surface area (Å²) in [4.78, 5) is 35.7. The van der Waals surface area contributed by atoms with Crippen molar-refractivity contribution in [1.29, 1.82) is 0 Å². The Hall–Kier alpha value is -1.63. The summed E-state index contributed by atoms with van der Waals surface area (Å²) in [6, 6.07) is -0.594. The van der Waals surface area contributed by atoms with Gasteiger partial charge in [0.1, 0.15) is 6.04 Å². The molecule has 3 saturated heterocycles. The lowest BCUT2D eigenvalue weighted by Gasteiger charge is -2.42. The van der Waals surface area contributed by atoms with Crippen molar-refractivity contribution in [2.75, 3.05) is 6.54 Å². The number of primary amides is 1. The van der Waals surface area contributed by atoms with Crippen LogP contribution in [0.1, 0.15) is 38.5 Å². The molecule has 0 aromatic heterocycles. The first kappa shape index (κ1) is 15.3. The molecule has 4 aliphatic rings. The molecule has 0 aromatic rings. The summed E-state index contributed by atoms with van der Waals surface area (Å²) >= 11 is 0. The van der Waals surface area contributed by atoms with Crippen LogP contribution in [0.15, 0.2) is 0 Å². The van der Waals surface area contributed by atoms with Gasteiger partial charge in [0.05, 0.1) is 6.04 Å². The van der Waals surface area contributed by atoms with Gasteiger partial charge in [-0.2, -0.15) is 0 Å². The molecule has 2 bridgehead atoms. The average Bonchev–Trinajstić information content (AvgIpc) is 2.92. The second kappa shape index (κ2) is 6.24. The van der Waals surface area contributed by atoms with E-state index in [0.29, 0.717) is 24.9 Å². The van der Waals surface area contributed by atoms with Crippen molar-refractivity contribution >= 4 is 17.7 Å². The fourth-order valence-electron chi connectivity index (χ4n) is 3.96. The van der Waals surface area contributed by atoms with E-state index in [0.717, 1.165) is 25.7 Å². The minimum Gasteiger partial charge on any atom is -0.368 e. The summed E-state index contributed by atoms with van der Waals surface area (Å²) in [5.41, 5.74) is 5.41. The molecule has 1 aliphatic carbocycles. The van der Waals surface area contributed by atoms with E-state index < -0.39 is 11.9 Å². The molecule has 1 saturated carbocycles. The first-order valence-electron chi connectivity index (χ1n) is 8.18. The van der Waals surface area contributed by atoms with Crippen LogP contribution in [-0.2, 0) is 14.4 Å². The summed E-state index contributed by atoms with van der Waals surface area (Å²) in [6.07, 6.45) is 5.33. The molecule has 3 amide bonds. The predicted molar refractivity (Wildman–Crippen MR) is 79.5 cm³/mol. The fourth-order valence-corrected chi connectivity index (χ4v) is 3.96. The van der Waals surface area contributed by atoms with Crippen LogP contribution in [0.2, 0.25) is 0 Å². The molecule has 0 aromatic carbocycles. The van der Waals surface area contributed by atoms with Gasteiger partial charge in [-0.15, -0.1) is 0 Å². The molecule has 4 fully saturated rings. The van der Waals surface area contributed by atoms with Gasteiger partial charge in [-0.25, -0.2) is 0 Å². The second-order valence-corrected chi connectivity index (χ2v) is 6.73. The molecule has 122 valence electrons. The maximum absolute atomic E-state index is 12.5. The molecule has 0 spiro atoms. The minimum absolute atomic E-state index is 0.0599. The van der Waals surface area contributed by atoms with Crippen molar-refractivity contribution in [2.45, 2.75) is 56.7 Å². The Morgan fingerprint density at radius 1 is 1.23 bits per heavy atom. The van der Waals surface area contributed by atoms with Gasteiger partial charge in [-0.1, -0.05) is 0 Å². The molecule has 5 N–H and O–H groups in total. The number of carbonyl (C=O) groups excluding carboxylic acids is 3. The van der Waals surface area contributed by atoms with Crippen LogP contribution in [0.25, 0.3) is 0 Å². The van der Waals surface area contributed by atoms with Crippen LogP contribution < -0.4 is 21.7 Å². The van der Waals surface area contributed by atoms with Crippen molar-refractivity contribution in [1.82, 2.24) is 16.0 Å². The summed E-state index contributed by atoms with van der Waals surface area (Å²) in [5.74, 6) is -0.692. The lowest BCUT2D eigenvalue weighted by molar-refractivity contribution is -0.132. The molecular formula is C15H24N4O3. The number of piperidine rings is 2. The number of nitrogens with one attached hydrogen (secondary N) is 3. The van der Waals surface area contributed by atoms with E-state index >= 15 is 0 Å². The third-order valence-electron chi connectivity index (χ3n) is 5.28. The molecule has 0 radical (unpaired) electrons. The largest absolute Gasteiger partial charge is 0.368 e. The lowest BCUT2D eigenvalue weighted by Crippen LogP contribution is -2.61. The number of hydrogen-bond donors (Lipinski definition) is 4. The molecule has 3 aliphatic heterocycles. The Morgan fingerprint density at radius 3 is 2.45 bits per heavy atom. The maximum Gasteiger partial charge on any atom is 0.240 e. The fraction of sp³-hybridized carbons (Fsp3) is 0.800. The zero-order chi connectivity index (χ0) is 15.7. The SMILES string of the molecule is NC(=O)[C@H](C[C@@H]1CCNC1=O)NC(=O)[C@H]1NC2CCC1CC2. The Labute approximate surface area is 129 Å². The van der Waals surface area contributed by atoms with Gasteiger partial charge >= 0.3 is 0 Å². The topological polar surface area (TPSA) is 113 Å². The highest BCUT2D eigenvalue weighted by Gasteiger charge is 2.40. The summed E-state index contributed by atoms with van der Waals surface area (Å²) in [7, 11) is 0. The minimum atomic E-state index is -0.774. The van der Waals surface area contributed by atoms with Gasteiger partial charge in [0.2, 0.25) is 17.7 Å². The third kappa shape index (κ3) is 3.09. The molecule has 3 heterocycles. The number of rotatable bonds is 5. The Balaban J connectivity index is 1.59. The van der Waals surface area contributed by atoms with E-state index in [9.17, 15) is 14.4 Å². The smallest absolute Gasteiger partial charge is 0.240 e. The predicted octanol–water partition coefficient (Wildman–Crippen LogP) is -0.987. The molecule has 4 rings (SSSR count). The van der Waals surface area contributed by atoms with Gasteiger partial charge in [-0.3, -0.25) is 14.4 Å². The highest BCUT2D eigenvalue weighted by atomic mass is 16.2. The van der Waals surface area contributed by atoms with Crippen LogP contribution in [0.5, 0.6) is 0 Å². The number of fused-ring (bicyclic) bond motifs is 3. The highest BCUT2D eigenvalue weighted by molar-refractivity contribution is 5.90. The molecule has 7 heteroatoms. The molecule has 0 unspecified atom stereocenters. The quantitative estimate of drug-likeness (QED) is 0.522. The van der Waals surface area contributed by atoms with Crippen LogP contribution >= 0.6 is 0 Å². The van der Waals surface area contributed by atoms with E-state index in [1.54, 1.807) is 0 Å². The zero-order valence-corrected chi connectivity index (χ0v) is 12.6. The highest BCUT2D eigenvalue weighted by Crippen LogP contribution is 2.33. The van der Waals surface area contributed by atoms with Crippen LogP contribution in [0.3, 0.4) is 0 Å². The third-order valence-corrected chi connectivity index (χ3v) is 5.28. The summed E-state index contributed by atoms with van der Waals surface area (Å²) in [6.45, 7) is 0.622. The summed E-state index contributed by atoms with van der Waals surface area (Å²) < 4.78 is 0. The maximum atomic E-state index is 12.5. The molecule has 22 heavy (non-hydrogen) atoms. The number of nitrogens with two attached hydrogens (primary N) is 1. The lowest BCUT2D eigenvalue weighted by atomic mass is 9.76. The van der Waals surface area contributed by atoms with E-state index in [1.165, 1.54) is 0 Å². The van der Waals surface area contributed by atoms with Crippen LogP contribution in [-0.4, -0.2) is 42.4 Å². The molecular weight excluding hydrogens is 284 g/mol. The van der Waals surface area contributed by atoms with Gasteiger partial charge < -0.3 is 21.7 Å². The van der Waals surface area contributed by atoms with E-state index in [-0.39, 0.29) is 30.2 Å². The first-order chi connectivity index (χ1) is 10.5. The molecule has 7 nitrogen and oxygen atoms in total. The van der Waals surface area contributed by atoms with Crippen molar-refractivity contribution < 1.29 is 14.4 Å². The summed E-state index contributed by atoms with van der Waals surface area (Å²) in [5, 5.41) is 8.85. The standard InChI is InChI=1S/C15H24N4O3/c16-13(20)11(7-9-5-6-17-14(9)21)19-15(22)12-8-1-3-10(18-12)4-2-8/h8-12,18H,1-7H2,(H2,16,20)(H,17,21)(H,19,22)/t8?,9-,10?,11-,12-/m0/s1. The molecule has 3 atom stereocenters. The number of amides is 3. The monoisotopic (exact) mass is 308 g/mol. The normalized spacial score (nSPS) is 35.0. The van der Waals surface area contributed by atoms with Crippen LogP contribution in [0, 0.1) is 11.8 Å². The van der Waals surface area contributed by atoms with E-state index in [1.807, 2.05) is 0 Å². The van der Waals surface area contributed by atoms with Gasteiger partial charge in [0, 0.05) is 18.5 Å². The number of carbonyl (C=O) groups is 3. The van der Waals surface area contributed by atoms with E-state index in [4.69, 9.17) is 5.73 Å². The van der Waals surface area contributed by atoms with Crippen molar-refractivity contribution in [3.05, 3.63) is 0 Å². The van der Waals surface area contributed by atoms with Crippen molar-refractivity contribution in [2.24, 2.45) is 17.6 Å². The van der Waals surface area contributed by atoms with Crippen LogP contribution in [0.4, 0.5) is 0 Å². The number of hydrogen-bond acceptors (Lipinski definition) is 4. The van der Waals surface area contributed by atoms with Gasteiger partial charge in [-0.05, 0) is 44.4 Å². The Bertz CT molecular complexity index is 473. The van der Waals surface area contributed by atoms with E-state index in [2.05, 4.69) is 16.0 Å². The first-order valence-corrected chi connectivity index (χ1v) is 8.18. The van der Waals surface area contributed by atoms with Gasteiger partial charge in [0.25, 0.3) is 0 Å². The second-order valence-electron chi connectivity index (χ2n) is 6.73. The average molecular weight is 308 g/mol. The van der Waals surface area contributed by atoms with Gasteiger partial charge in [0.15, 0.2) is 0 Å². The zero-order valence-electron chi connectivity index (χ0n) is 12.6. The van der Waals surface area contributed by atoms with Crippen molar-refractivity contribution in [3.63, 3.8) is 0 Å². The Morgan fingerprint density at radius 2 is 1.95 bits per heavy atom.